The highest BCUT2D eigenvalue weighted by molar-refractivity contribution is 9.11. The van der Waals surface area contributed by atoms with Crippen molar-refractivity contribution in [3.63, 3.8) is 0 Å². The van der Waals surface area contributed by atoms with Gasteiger partial charge in [-0.2, -0.15) is 0 Å². The highest BCUT2D eigenvalue weighted by Gasteiger charge is 2.18. The van der Waals surface area contributed by atoms with Gasteiger partial charge in [0.05, 0.1) is 4.47 Å². The second-order valence-corrected chi connectivity index (χ2v) is 10.0. The molecular formula is C28H22Br2O4. The van der Waals surface area contributed by atoms with Gasteiger partial charge in [-0.25, -0.2) is 0 Å². The summed E-state index contributed by atoms with van der Waals surface area (Å²) in [5.41, 5.74) is 4.19. The number of hydrogen-bond donors (Lipinski definition) is 2. The first-order valence-electron chi connectivity index (χ1n) is 11.0. The number of ether oxygens (including phenoxy) is 2. The van der Waals surface area contributed by atoms with Crippen LogP contribution in [0.2, 0.25) is 0 Å². The van der Waals surface area contributed by atoms with Gasteiger partial charge in [-0.15, -0.1) is 0 Å². The molecule has 4 nitrogen and oxygen atoms in total. The standard InChI is InChI=1S/C28H22Br2O4/c29-23-16-24(30)27(32)28-22(23)12-8-17-6-10-20(11-7-17)33-26-15-19(9-13-25(26)31)5-4-18-2-1-3-21(14-18)34-28/h1-3,6-7,9-11,13-16,31-32H,4-5,8,12H2. The molecule has 0 amide bonds. The first-order valence-corrected chi connectivity index (χ1v) is 12.6. The third kappa shape index (κ3) is 4.93. The summed E-state index contributed by atoms with van der Waals surface area (Å²) in [6.07, 6.45) is 2.98. The Kier molecular flexibility index (Phi) is 6.53. The zero-order valence-corrected chi connectivity index (χ0v) is 21.4. The molecule has 2 aliphatic rings. The van der Waals surface area contributed by atoms with Crippen LogP contribution in [0.15, 0.2) is 81.7 Å². The van der Waals surface area contributed by atoms with Crippen LogP contribution in [0.4, 0.5) is 0 Å². The number of benzene rings is 4. The Balaban J connectivity index is 1.57. The first kappa shape index (κ1) is 22.8. The summed E-state index contributed by atoms with van der Waals surface area (Å²) in [6.45, 7) is 0. The molecular weight excluding hydrogens is 560 g/mol. The number of phenolic OH excluding ortho intramolecular Hbond substituents is 2. The number of rotatable bonds is 0. The Bertz CT molecular complexity index is 1350. The predicted molar refractivity (Wildman–Crippen MR) is 139 cm³/mol. The van der Waals surface area contributed by atoms with E-state index in [-0.39, 0.29) is 11.5 Å². The van der Waals surface area contributed by atoms with Gasteiger partial charge in [0.15, 0.2) is 23.0 Å². The molecule has 2 heterocycles. The molecule has 0 saturated carbocycles. The van der Waals surface area contributed by atoms with Crippen LogP contribution in [0.3, 0.4) is 0 Å². The largest absolute Gasteiger partial charge is 0.504 e. The fraction of sp³-hybridized carbons (Fsp3) is 0.143. The number of phenols is 2. The molecule has 34 heavy (non-hydrogen) atoms. The normalized spacial score (nSPS) is 13.2. The van der Waals surface area contributed by atoms with Crippen molar-refractivity contribution in [3.8, 4) is 34.5 Å². The van der Waals surface area contributed by atoms with E-state index in [4.69, 9.17) is 9.47 Å². The van der Waals surface area contributed by atoms with Gasteiger partial charge in [-0.3, -0.25) is 0 Å². The van der Waals surface area contributed by atoms with Gasteiger partial charge in [-0.05, 0) is 101 Å². The maximum atomic E-state index is 10.8. The summed E-state index contributed by atoms with van der Waals surface area (Å²) in [5.74, 6) is 2.42. The topological polar surface area (TPSA) is 58.9 Å². The predicted octanol–water partition coefficient (Wildman–Crippen LogP) is 8.09. The van der Waals surface area contributed by atoms with E-state index in [1.807, 2.05) is 60.7 Å². The van der Waals surface area contributed by atoms with Crippen LogP contribution < -0.4 is 9.47 Å². The van der Waals surface area contributed by atoms with E-state index in [1.165, 1.54) is 0 Å². The summed E-state index contributed by atoms with van der Waals surface area (Å²) < 4.78 is 13.7. The zero-order chi connectivity index (χ0) is 23.7. The molecule has 0 radical (unpaired) electrons. The van der Waals surface area contributed by atoms with Crippen molar-refractivity contribution in [2.24, 2.45) is 0 Å². The minimum atomic E-state index is 0.0818. The number of hydrogen-bond acceptors (Lipinski definition) is 4. The number of fused-ring (bicyclic) bond motifs is 4. The molecule has 4 aromatic rings. The lowest BCUT2D eigenvalue weighted by molar-refractivity contribution is 0.404. The van der Waals surface area contributed by atoms with Crippen molar-refractivity contribution in [2.45, 2.75) is 25.7 Å². The monoisotopic (exact) mass is 580 g/mol. The minimum absolute atomic E-state index is 0.0818. The molecule has 6 heteroatoms. The van der Waals surface area contributed by atoms with Crippen molar-refractivity contribution in [3.05, 3.63) is 104 Å². The van der Waals surface area contributed by atoms with Crippen LogP contribution in [0.5, 0.6) is 34.5 Å². The molecule has 0 spiro atoms. The van der Waals surface area contributed by atoms with Gasteiger partial charge < -0.3 is 19.7 Å². The zero-order valence-electron chi connectivity index (χ0n) is 18.2. The fourth-order valence-electron chi connectivity index (χ4n) is 4.06. The van der Waals surface area contributed by atoms with Crippen LogP contribution >= 0.6 is 31.9 Å². The van der Waals surface area contributed by atoms with E-state index in [0.29, 0.717) is 33.9 Å². The lowest BCUT2D eigenvalue weighted by Gasteiger charge is -2.17. The van der Waals surface area contributed by atoms with Crippen LogP contribution in [0, 0.1) is 0 Å². The summed E-state index contributed by atoms with van der Waals surface area (Å²) >= 11 is 7.08. The van der Waals surface area contributed by atoms with E-state index in [0.717, 1.165) is 46.0 Å². The van der Waals surface area contributed by atoms with Crippen LogP contribution in [0.25, 0.3) is 0 Å². The Labute approximate surface area is 215 Å². The Morgan fingerprint density at radius 3 is 2.12 bits per heavy atom. The average molecular weight is 582 g/mol. The van der Waals surface area contributed by atoms with Gasteiger partial charge in [0.2, 0.25) is 0 Å². The van der Waals surface area contributed by atoms with Crippen LogP contribution in [0.1, 0.15) is 22.3 Å². The molecule has 0 saturated heterocycles. The highest BCUT2D eigenvalue weighted by Crippen LogP contribution is 2.44. The Hall–Kier alpha value is -2.96. The second kappa shape index (κ2) is 9.72. The smallest absolute Gasteiger partial charge is 0.174 e. The van der Waals surface area contributed by atoms with Crippen molar-refractivity contribution in [1.82, 2.24) is 0 Å². The summed E-state index contributed by atoms with van der Waals surface area (Å²) in [6, 6.07) is 23.0. The molecule has 172 valence electrons. The maximum Gasteiger partial charge on any atom is 0.174 e. The van der Waals surface area contributed by atoms with Gasteiger partial charge in [0.1, 0.15) is 11.5 Å². The van der Waals surface area contributed by atoms with Gasteiger partial charge >= 0.3 is 0 Å². The van der Waals surface area contributed by atoms with Crippen molar-refractivity contribution in [2.75, 3.05) is 0 Å². The third-order valence-corrected chi connectivity index (χ3v) is 7.23. The molecule has 0 unspecified atom stereocenters. The molecule has 6 rings (SSSR count). The third-order valence-electron chi connectivity index (χ3n) is 5.92. The van der Waals surface area contributed by atoms with E-state index >= 15 is 0 Å². The molecule has 4 aromatic carbocycles. The second-order valence-electron chi connectivity index (χ2n) is 8.29. The molecule has 0 aromatic heterocycles. The number of aromatic hydroxyl groups is 2. The van der Waals surface area contributed by atoms with Crippen molar-refractivity contribution >= 4 is 31.9 Å². The van der Waals surface area contributed by atoms with Crippen LogP contribution in [-0.4, -0.2) is 10.2 Å². The van der Waals surface area contributed by atoms with E-state index in [2.05, 4.69) is 37.9 Å². The summed E-state index contributed by atoms with van der Waals surface area (Å²) in [5, 5.41) is 21.1. The lowest BCUT2D eigenvalue weighted by atomic mass is 10.0. The number of aryl methyl sites for hydroxylation is 3. The lowest BCUT2D eigenvalue weighted by Crippen LogP contribution is -1.99. The minimum Gasteiger partial charge on any atom is -0.504 e. The maximum absolute atomic E-state index is 10.8. The molecule has 6 bridgehead atoms. The van der Waals surface area contributed by atoms with Crippen LogP contribution in [-0.2, 0) is 25.7 Å². The summed E-state index contributed by atoms with van der Waals surface area (Å²) in [7, 11) is 0. The molecule has 0 fully saturated rings. The number of halogens is 2. The molecule has 0 atom stereocenters. The Morgan fingerprint density at radius 2 is 1.32 bits per heavy atom. The van der Waals surface area contributed by atoms with Gasteiger partial charge in [-0.1, -0.05) is 46.3 Å². The molecule has 0 aliphatic carbocycles. The molecule has 2 N–H and O–H groups in total. The van der Waals surface area contributed by atoms with E-state index < -0.39 is 0 Å². The van der Waals surface area contributed by atoms with Crippen molar-refractivity contribution < 1.29 is 19.7 Å². The van der Waals surface area contributed by atoms with Crippen molar-refractivity contribution in [1.29, 1.82) is 0 Å². The first-order chi connectivity index (χ1) is 16.5. The highest BCUT2D eigenvalue weighted by atomic mass is 79.9. The van der Waals surface area contributed by atoms with E-state index in [1.54, 1.807) is 6.07 Å². The Morgan fingerprint density at radius 1 is 0.618 bits per heavy atom. The van der Waals surface area contributed by atoms with Gasteiger partial charge in [0.25, 0.3) is 0 Å². The average Bonchev–Trinajstić information content (AvgIpc) is 2.83. The fourth-order valence-corrected chi connectivity index (χ4v) is 5.38. The van der Waals surface area contributed by atoms with E-state index in [9.17, 15) is 10.2 Å². The summed E-state index contributed by atoms with van der Waals surface area (Å²) in [4.78, 5) is 0. The SMILES string of the molecule is Oc1ccc2cc1Oc1ccc(cc1)CCc1c(Br)cc(Br)c(O)c1Oc1cccc(c1)CC2. The molecule has 2 aliphatic heterocycles. The quantitative estimate of drug-likeness (QED) is 0.220. The van der Waals surface area contributed by atoms with Gasteiger partial charge in [0, 0.05) is 10.0 Å².